The molecule has 2 aromatic rings. The first-order chi connectivity index (χ1) is 6.81. The summed E-state index contributed by atoms with van der Waals surface area (Å²) in [6.07, 6.45) is 4.03. The van der Waals surface area contributed by atoms with Gasteiger partial charge in [0.25, 0.3) is 0 Å². The summed E-state index contributed by atoms with van der Waals surface area (Å²) in [6, 6.07) is 10.2. The Morgan fingerprint density at radius 1 is 1.21 bits per heavy atom. The largest absolute Gasteiger partial charge is 0.326 e. The molecule has 2 nitrogen and oxygen atoms in total. The van der Waals surface area contributed by atoms with Crippen LogP contribution in [0.4, 0.5) is 0 Å². The molecule has 0 aliphatic heterocycles. The molecule has 0 saturated carbocycles. The highest BCUT2D eigenvalue weighted by atomic mass is 79.9. The zero-order valence-electron chi connectivity index (χ0n) is 7.65. The number of hydrogen-bond donors (Lipinski definition) is 1. The minimum atomic E-state index is 0.574. The molecule has 72 valence electrons. The molecule has 0 aliphatic carbocycles. The first-order valence-corrected chi connectivity index (χ1v) is 5.22. The zero-order valence-corrected chi connectivity index (χ0v) is 9.24. The van der Waals surface area contributed by atoms with Crippen molar-refractivity contribution in [1.29, 1.82) is 0 Å². The van der Waals surface area contributed by atoms with Gasteiger partial charge in [-0.1, -0.05) is 6.07 Å². The van der Waals surface area contributed by atoms with E-state index in [0.717, 1.165) is 15.7 Å². The number of hydrogen-bond acceptors (Lipinski definition) is 1. The van der Waals surface area contributed by atoms with Crippen LogP contribution >= 0.6 is 15.9 Å². The Morgan fingerprint density at radius 3 is 2.50 bits per heavy atom. The third kappa shape index (κ3) is 1.74. The van der Waals surface area contributed by atoms with E-state index in [1.165, 1.54) is 0 Å². The van der Waals surface area contributed by atoms with Crippen molar-refractivity contribution in [3.63, 3.8) is 0 Å². The molecule has 1 aromatic heterocycles. The normalized spacial score (nSPS) is 10.4. The second-order valence-corrected chi connectivity index (χ2v) is 3.93. The summed E-state index contributed by atoms with van der Waals surface area (Å²) in [7, 11) is 0. The Bertz CT molecular complexity index is 421. The monoisotopic (exact) mass is 250 g/mol. The highest BCUT2D eigenvalue weighted by molar-refractivity contribution is 9.10. The lowest BCUT2D eigenvalue weighted by Gasteiger charge is -2.07. The van der Waals surface area contributed by atoms with Gasteiger partial charge in [-0.3, -0.25) is 0 Å². The predicted molar refractivity (Wildman–Crippen MR) is 61.4 cm³/mol. The maximum atomic E-state index is 5.56. The van der Waals surface area contributed by atoms with Gasteiger partial charge >= 0.3 is 0 Å². The molecule has 0 aliphatic rings. The van der Waals surface area contributed by atoms with E-state index in [4.69, 9.17) is 5.73 Å². The predicted octanol–water partition coefficient (Wildman–Crippen LogP) is 2.70. The van der Waals surface area contributed by atoms with Gasteiger partial charge < -0.3 is 10.3 Å². The van der Waals surface area contributed by atoms with Crippen LogP contribution in [0.2, 0.25) is 0 Å². The van der Waals surface area contributed by atoms with Crippen LogP contribution in [0, 0.1) is 0 Å². The SMILES string of the molecule is NCc1ccc(-n2cccc2)c(Br)c1. The number of aromatic nitrogens is 1. The third-order valence-electron chi connectivity index (χ3n) is 2.13. The van der Waals surface area contributed by atoms with Crippen molar-refractivity contribution < 1.29 is 0 Å². The molecule has 0 radical (unpaired) electrons. The Balaban J connectivity index is 2.46. The molecular formula is C11H11BrN2. The van der Waals surface area contributed by atoms with Crippen LogP contribution < -0.4 is 5.73 Å². The summed E-state index contributed by atoms with van der Waals surface area (Å²) in [5.74, 6) is 0. The van der Waals surface area contributed by atoms with Crippen molar-refractivity contribution in [3.05, 3.63) is 52.8 Å². The van der Waals surface area contributed by atoms with Crippen molar-refractivity contribution in [2.24, 2.45) is 5.73 Å². The van der Waals surface area contributed by atoms with Gasteiger partial charge in [0.1, 0.15) is 0 Å². The molecule has 0 saturated heterocycles. The van der Waals surface area contributed by atoms with Gasteiger partial charge in [-0.2, -0.15) is 0 Å². The first-order valence-electron chi connectivity index (χ1n) is 4.43. The average molecular weight is 251 g/mol. The van der Waals surface area contributed by atoms with Crippen LogP contribution in [0.25, 0.3) is 5.69 Å². The molecule has 14 heavy (non-hydrogen) atoms. The fraction of sp³-hybridized carbons (Fsp3) is 0.0909. The van der Waals surface area contributed by atoms with E-state index in [2.05, 4.69) is 32.6 Å². The number of nitrogens with zero attached hydrogens (tertiary/aromatic N) is 1. The van der Waals surface area contributed by atoms with Crippen molar-refractivity contribution in [3.8, 4) is 5.69 Å². The third-order valence-corrected chi connectivity index (χ3v) is 2.77. The van der Waals surface area contributed by atoms with E-state index in [9.17, 15) is 0 Å². The molecule has 2 N–H and O–H groups in total. The van der Waals surface area contributed by atoms with Crippen LogP contribution in [0.5, 0.6) is 0 Å². The van der Waals surface area contributed by atoms with Crippen molar-refractivity contribution >= 4 is 15.9 Å². The Kier molecular flexibility index (Phi) is 2.70. The van der Waals surface area contributed by atoms with Gasteiger partial charge in [-0.25, -0.2) is 0 Å². The quantitative estimate of drug-likeness (QED) is 0.874. The average Bonchev–Trinajstić information content (AvgIpc) is 2.70. The van der Waals surface area contributed by atoms with Crippen LogP contribution in [0.15, 0.2) is 47.2 Å². The first kappa shape index (κ1) is 9.49. The summed E-state index contributed by atoms with van der Waals surface area (Å²) >= 11 is 3.53. The zero-order chi connectivity index (χ0) is 9.97. The van der Waals surface area contributed by atoms with Crippen LogP contribution in [0.3, 0.4) is 0 Å². The Morgan fingerprint density at radius 2 is 1.93 bits per heavy atom. The number of nitrogens with two attached hydrogens (primary N) is 1. The topological polar surface area (TPSA) is 30.9 Å². The van der Waals surface area contributed by atoms with Gasteiger partial charge in [0.2, 0.25) is 0 Å². The standard InChI is InChI=1S/C11H11BrN2/c12-10-7-9(8-13)3-4-11(10)14-5-1-2-6-14/h1-7H,8,13H2. The van der Waals surface area contributed by atoms with Crippen LogP contribution in [0.1, 0.15) is 5.56 Å². The second kappa shape index (κ2) is 3.98. The molecule has 0 amide bonds. The lowest BCUT2D eigenvalue weighted by Crippen LogP contribution is -1.98. The fourth-order valence-corrected chi connectivity index (χ4v) is 2.01. The van der Waals surface area contributed by atoms with Gasteiger partial charge in [0, 0.05) is 23.4 Å². The lowest BCUT2D eigenvalue weighted by molar-refractivity contribution is 1.04. The highest BCUT2D eigenvalue weighted by Crippen LogP contribution is 2.22. The minimum absolute atomic E-state index is 0.574. The molecule has 0 unspecified atom stereocenters. The second-order valence-electron chi connectivity index (χ2n) is 3.08. The van der Waals surface area contributed by atoms with Crippen LogP contribution in [-0.2, 0) is 6.54 Å². The van der Waals surface area contributed by atoms with Crippen molar-refractivity contribution in [1.82, 2.24) is 4.57 Å². The van der Waals surface area contributed by atoms with Gasteiger partial charge in [-0.15, -0.1) is 0 Å². The Hall–Kier alpha value is -1.06. The maximum Gasteiger partial charge on any atom is 0.0591 e. The van der Waals surface area contributed by atoms with Gasteiger partial charge in [0.15, 0.2) is 0 Å². The van der Waals surface area contributed by atoms with Gasteiger partial charge in [-0.05, 0) is 45.8 Å². The molecular weight excluding hydrogens is 240 g/mol. The van der Waals surface area contributed by atoms with E-state index in [1.54, 1.807) is 0 Å². The minimum Gasteiger partial charge on any atom is -0.326 e. The highest BCUT2D eigenvalue weighted by Gasteiger charge is 2.01. The summed E-state index contributed by atoms with van der Waals surface area (Å²) < 4.78 is 3.13. The maximum absolute atomic E-state index is 5.56. The molecule has 0 spiro atoms. The summed E-state index contributed by atoms with van der Waals surface area (Å²) in [4.78, 5) is 0. The Labute approximate surface area is 91.5 Å². The molecule has 3 heteroatoms. The van der Waals surface area contributed by atoms with E-state index in [-0.39, 0.29) is 0 Å². The molecule has 0 fully saturated rings. The molecule has 2 rings (SSSR count). The number of rotatable bonds is 2. The molecule has 0 bridgehead atoms. The van der Waals surface area contributed by atoms with Gasteiger partial charge in [0.05, 0.1) is 5.69 Å². The van der Waals surface area contributed by atoms with Crippen molar-refractivity contribution in [2.45, 2.75) is 6.54 Å². The summed E-state index contributed by atoms with van der Waals surface area (Å²) in [5, 5.41) is 0. The van der Waals surface area contributed by atoms with E-state index < -0.39 is 0 Å². The molecule has 0 atom stereocenters. The smallest absolute Gasteiger partial charge is 0.0591 e. The van der Waals surface area contributed by atoms with E-state index >= 15 is 0 Å². The molecule has 1 aromatic carbocycles. The van der Waals surface area contributed by atoms with E-state index in [1.807, 2.05) is 30.6 Å². The number of benzene rings is 1. The summed E-state index contributed by atoms with van der Waals surface area (Å²) in [6.45, 7) is 0.574. The summed E-state index contributed by atoms with van der Waals surface area (Å²) in [5.41, 5.74) is 7.82. The number of halogens is 1. The van der Waals surface area contributed by atoms with E-state index in [0.29, 0.717) is 6.54 Å². The fourth-order valence-electron chi connectivity index (χ4n) is 1.38. The van der Waals surface area contributed by atoms with Crippen LogP contribution in [-0.4, -0.2) is 4.57 Å². The van der Waals surface area contributed by atoms with Crippen molar-refractivity contribution in [2.75, 3.05) is 0 Å². The lowest BCUT2D eigenvalue weighted by atomic mass is 10.2. The molecule has 1 heterocycles.